The molecule has 1 saturated heterocycles. The highest BCUT2D eigenvalue weighted by Crippen LogP contribution is 2.39. The van der Waals surface area contributed by atoms with Crippen LogP contribution in [0.15, 0.2) is 42.7 Å². The topological polar surface area (TPSA) is 113 Å². The Balaban J connectivity index is 1.59. The Hall–Kier alpha value is -3.11. The van der Waals surface area contributed by atoms with E-state index in [-0.39, 0.29) is 12.8 Å². The van der Waals surface area contributed by atoms with E-state index in [0.717, 1.165) is 34.8 Å². The van der Waals surface area contributed by atoms with Gasteiger partial charge in [-0.25, -0.2) is 18.4 Å². The third kappa shape index (κ3) is 2.99. The van der Waals surface area contributed by atoms with Gasteiger partial charge in [-0.1, -0.05) is 12.6 Å². The smallest absolute Gasteiger partial charge is 0.235 e. The number of nitrogen functional groups attached to an aromatic ring is 1. The molecule has 0 bridgehead atoms. The van der Waals surface area contributed by atoms with E-state index in [2.05, 4.69) is 16.5 Å². The number of fused-ring (bicyclic) bond motifs is 2. The lowest BCUT2D eigenvalue weighted by molar-refractivity contribution is 0.174. The molecule has 0 unspecified atom stereocenters. The highest BCUT2D eigenvalue weighted by molar-refractivity contribution is 7.92. The maximum absolute atomic E-state index is 12.4. The van der Waals surface area contributed by atoms with Crippen LogP contribution in [0.4, 0.5) is 5.82 Å². The molecule has 2 aliphatic rings. The number of nitrogens with zero attached hydrogens (tertiary/aromatic N) is 4. The Bertz CT molecular complexity index is 1250. The first-order chi connectivity index (χ1) is 14.5. The molecule has 0 aliphatic carbocycles. The quantitative estimate of drug-likeness (QED) is 0.665. The highest BCUT2D eigenvalue weighted by atomic mass is 32.2. The fourth-order valence-electron chi connectivity index (χ4n) is 4.22. The van der Waals surface area contributed by atoms with Crippen molar-refractivity contribution in [2.75, 3.05) is 19.1 Å². The zero-order valence-corrected chi connectivity index (χ0v) is 17.0. The number of hydrogen-bond donors (Lipinski definition) is 1. The van der Waals surface area contributed by atoms with Crippen molar-refractivity contribution in [1.82, 2.24) is 18.8 Å². The molecule has 30 heavy (non-hydrogen) atoms. The monoisotopic (exact) mass is 427 g/mol. The number of ether oxygens (including phenoxy) is 2. The lowest BCUT2D eigenvalue weighted by Gasteiger charge is -2.22. The summed E-state index contributed by atoms with van der Waals surface area (Å²) in [6, 6.07) is 5.52. The molecular formula is C20H21N5O4S. The number of hydrogen-bond acceptors (Lipinski definition) is 7. The molecule has 1 atom stereocenters. The number of nitrogens with two attached hydrogens (primary N) is 1. The molecule has 0 saturated carbocycles. The molecule has 9 nitrogen and oxygen atoms in total. The van der Waals surface area contributed by atoms with Crippen molar-refractivity contribution >= 4 is 26.9 Å². The van der Waals surface area contributed by atoms with Crippen molar-refractivity contribution in [2.45, 2.75) is 25.4 Å². The summed E-state index contributed by atoms with van der Waals surface area (Å²) in [5, 5.41) is 1.74. The number of anilines is 1. The average molecular weight is 427 g/mol. The minimum atomic E-state index is -3.48. The summed E-state index contributed by atoms with van der Waals surface area (Å²) in [5.41, 5.74) is 8.63. The Morgan fingerprint density at radius 2 is 2.10 bits per heavy atom. The average Bonchev–Trinajstić information content (AvgIpc) is 3.47. The van der Waals surface area contributed by atoms with E-state index in [1.165, 1.54) is 10.6 Å². The maximum Gasteiger partial charge on any atom is 0.235 e. The molecule has 2 N–H and O–H groups in total. The van der Waals surface area contributed by atoms with Crippen LogP contribution >= 0.6 is 0 Å². The molecule has 2 aromatic heterocycles. The van der Waals surface area contributed by atoms with Crippen LogP contribution in [0, 0.1) is 0 Å². The van der Waals surface area contributed by atoms with Gasteiger partial charge in [-0.3, -0.25) is 0 Å². The van der Waals surface area contributed by atoms with Gasteiger partial charge < -0.3 is 19.8 Å². The summed E-state index contributed by atoms with van der Waals surface area (Å²) in [6.07, 6.45) is 4.95. The van der Waals surface area contributed by atoms with Crippen LogP contribution in [0.25, 0.3) is 22.2 Å². The lowest BCUT2D eigenvalue weighted by Crippen LogP contribution is -2.36. The van der Waals surface area contributed by atoms with E-state index in [1.54, 1.807) is 0 Å². The number of sulfonamides is 1. The largest absolute Gasteiger partial charge is 0.454 e. The summed E-state index contributed by atoms with van der Waals surface area (Å²) in [7, 11) is -3.48. The van der Waals surface area contributed by atoms with Gasteiger partial charge in [-0.15, -0.1) is 0 Å². The molecule has 2 aliphatic heterocycles. The van der Waals surface area contributed by atoms with E-state index in [4.69, 9.17) is 15.2 Å². The van der Waals surface area contributed by atoms with Crippen molar-refractivity contribution in [3.63, 3.8) is 0 Å². The normalized spacial score (nSPS) is 18.9. The van der Waals surface area contributed by atoms with E-state index in [0.29, 0.717) is 36.1 Å². The minimum Gasteiger partial charge on any atom is -0.454 e. The SMILES string of the molecule is C=CS(=O)(=O)N1CCC[C@@H]1Cn1cc(-c2ccc3c(c2)OCO3)c2c(N)ncnc21. The van der Waals surface area contributed by atoms with E-state index >= 15 is 0 Å². The van der Waals surface area contributed by atoms with Gasteiger partial charge in [0.25, 0.3) is 0 Å². The van der Waals surface area contributed by atoms with Crippen molar-refractivity contribution < 1.29 is 17.9 Å². The second kappa shape index (κ2) is 6.99. The van der Waals surface area contributed by atoms with Crippen LogP contribution in [-0.2, 0) is 16.6 Å². The fourth-order valence-corrected chi connectivity index (χ4v) is 5.38. The molecule has 0 radical (unpaired) electrons. The summed E-state index contributed by atoms with van der Waals surface area (Å²) in [5.74, 6) is 1.74. The summed E-state index contributed by atoms with van der Waals surface area (Å²) < 4.78 is 39.1. The first-order valence-corrected chi connectivity index (χ1v) is 11.1. The van der Waals surface area contributed by atoms with Gasteiger partial charge in [0.05, 0.1) is 5.39 Å². The zero-order valence-electron chi connectivity index (χ0n) is 16.2. The van der Waals surface area contributed by atoms with Crippen LogP contribution < -0.4 is 15.2 Å². The Labute approximate surface area is 173 Å². The molecule has 3 aromatic rings. The van der Waals surface area contributed by atoms with Gasteiger partial charge in [-0.2, -0.15) is 4.31 Å². The molecule has 1 fully saturated rings. The first-order valence-electron chi connectivity index (χ1n) is 9.61. The van der Waals surface area contributed by atoms with Crippen LogP contribution in [0.5, 0.6) is 11.5 Å². The number of aromatic nitrogens is 3. The predicted octanol–water partition coefficient (Wildman–Crippen LogP) is 2.35. The summed E-state index contributed by atoms with van der Waals surface area (Å²) in [6.45, 7) is 4.61. The standard InChI is InChI=1S/C20H21N5O4S/c1-2-30(26,27)25-7-3-4-14(25)9-24-10-15(18-19(21)22-11-23-20(18)24)13-5-6-16-17(8-13)29-12-28-16/h2,5-6,8,10-11,14H,1,3-4,7,9,12H2,(H2,21,22,23)/t14-/m1/s1. The molecule has 156 valence electrons. The van der Waals surface area contributed by atoms with Crippen LogP contribution in [0.2, 0.25) is 0 Å². The van der Waals surface area contributed by atoms with Gasteiger partial charge in [0, 0.05) is 36.3 Å². The third-order valence-electron chi connectivity index (χ3n) is 5.63. The molecular weight excluding hydrogens is 406 g/mol. The Morgan fingerprint density at radius 3 is 2.93 bits per heavy atom. The van der Waals surface area contributed by atoms with Crippen LogP contribution in [-0.4, -0.2) is 46.6 Å². The summed E-state index contributed by atoms with van der Waals surface area (Å²) >= 11 is 0. The van der Waals surface area contributed by atoms with Gasteiger partial charge in [0.1, 0.15) is 17.8 Å². The van der Waals surface area contributed by atoms with Crippen molar-refractivity contribution in [3.8, 4) is 22.6 Å². The minimum absolute atomic E-state index is 0.176. The van der Waals surface area contributed by atoms with Gasteiger partial charge in [0.2, 0.25) is 16.8 Å². The molecule has 4 heterocycles. The molecule has 0 amide bonds. The maximum atomic E-state index is 12.4. The first kappa shape index (κ1) is 18.9. The second-order valence-electron chi connectivity index (χ2n) is 7.34. The van der Waals surface area contributed by atoms with E-state index in [1.807, 2.05) is 29.0 Å². The Morgan fingerprint density at radius 1 is 1.27 bits per heavy atom. The van der Waals surface area contributed by atoms with Crippen LogP contribution in [0.3, 0.4) is 0 Å². The van der Waals surface area contributed by atoms with Crippen molar-refractivity contribution in [3.05, 3.63) is 42.7 Å². The van der Waals surface area contributed by atoms with Crippen molar-refractivity contribution in [1.29, 1.82) is 0 Å². The third-order valence-corrected chi connectivity index (χ3v) is 7.19. The van der Waals surface area contributed by atoms with Crippen LogP contribution in [0.1, 0.15) is 12.8 Å². The van der Waals surface area contributed by atoms with Gasteiger partial charge in [0.15, 0.2) is 11.5 Å². The number of rotatable bonds is 5. The molecule has 5 rings (SSSR count). The molecule has 1 aromatic carbocycles. The number of benzene rings is 1. The summed E-state index contributed by atoms with van der Waals surface area (Å²) in [4.78, 5) is 8.59. The predicted molar refractivity (Wildman–Crippen MR) is 112 cm³/mol. The highest BCUT2D eigenvalue weighted by Gasteiger charge is 2.33. The lowest BCUT2D eigenvalue weighted by atomic mass is 10.1. The second-order valence-corrected chi connectivity index (χ2v) is 9.17. The van der Waals surface area contributed by atoms with Gasteiger partial charge >= 0.3 is 0 Å². The molecule has 0 spiro atoms. The Kier molecular flexibility index (Phi) is 4.40. The fraction of sp³-hybridized carbons (Fsp3) is 0.300. The molecule has 10 heteroatoms. The van der Waals surface area contributed by atoms with E-state index < -0.39 is 10.0 Å². The van der Waals surface area contributed by atoms with Crippen molar-refractivity contribution in [2.24, 2.45) is 0 Å². The zero-order chi connectivity index (χ0) is 20.9. The van der Waals surface area contributed by atoms with E-state index in [9.17, 15) is 8.42 Å². The van der Waals surface area contributed by atoms with Gasteiger partial charge in [-0.05, 0) is 30.5 Å².